The molecule has 0 aromatic rings. The van der Waals surface area contributed by atoms with Gasteiger partial charge >= 0.3 is 7.82 Å². The van der Waals surface area contributed by atoms with Crippen molar-refractivity contribution < 1.29 is 22.9 Å². The topological polar surface area (TPSA) is 57.3 Å². The maximum atomic E-state index is 11.2. The number of rotatable bonds is 3. The standard InChI is InChI=1S/C5H9O5P/c6-11(8-1-2-9-11)10-4-5-3-7-5/h5H,1-4H2. The van der Waals surface area contributed by atoms with Gasteiger partial charge in [-0.3, -0.25) is 13.6 Å². The monoisotopic (exact) mass is 180 g/mol. The third-order valence-corrected chi connectivity index (χ3v) is 2.87. The molecule has 0 aliphatic carbocycles. The Kier molecular flexibility index (Phi) is 1.99. The molecule has 0 bridgehead atoms. The lowest BCUT2D eigenvalue weighted by atomic mass is 10.5. The van der Waals surface area contributed by atoms with E-state index in [1.165, 1.54) is 0 Å². The van der Waals surface area contributed by atoms with Crippen molar-refractivity contribution in [3.8, 4) is 0 Å². The Bertz CT molecular complexity index is 179. The molecule has 11 heavy (non-hydrogen) atoms. The highest BCUT2D eigenvalue weighted by Gasteiger charge is 2.35. The Hall–Kier alpha value is 0.0700. The molecule has 0 N–H and O–H groups in total. The molecule has 0 radical (unpaired) electrons. The van der Waals surface area contributed by atoms with Crippen LogP contribution >= 0.6 is 7.82 Å². The molecule has 2 aliphatic rings. The molecule has 2 saturated heterocycles. The highest BCUT2D eigenvalue weighted by molar-refractivity contribution is 7.48. The zero-order valence-electron chi connectivity index (χ0n) is 5.89. The summed E-state index contributed by atoms with van der Waals surface area (Å²) < 4.78 is 30.5. The fourth-order valence-electron chi connectivity index (χ4n) is 0.749. The minimum Gasteiger partial charge on any atom is -0.371 e. The third kappa shape index (κ3) is 2.01. The van der Waals surface area contributed by atoms with Crippen LogP contribution in [0.3, 0.4) is 0 Å². The van der Waals surface area contributed by atoms with E-state index in [-0.39, 0.29) is 6.10 Å². The smallest absolute Gasteiger partial charge is 0.371 e. The molecule has 6 heteroatoms. The summed E-state index contributed by atoms with van der Waals surface area (Å²) in [6, 6.07) is 0. The van der Waals surface area contributed by atoms with Gasteiger partial charge in [-0.2, -0.15) is 0 Å². The number of hydrogen-bond donors (Lipinski definition) is 0. The van der Waals surface area contributed by atoms with Gasteiger partial charge in [0.25, 0.3) is 0 Å². The second-order valence-corrected chi connectivity index (χ2v) is 4.03. The predicted molar refractivity (Wildman–Crippen MR) is 35.2 cm³/mol. The molecule has 2 rings (SSSR count). The summed E-state index contributed by atoms with van der Waals surface area (Å²) in [5.41, 5.74) is 0. The molecule has 2 fully saturated rings. The normalized spacial score (nSPS) is 34.0. The highest BCUT2D eigenvalue weighted by Crippen LogP contribution is 2.53. The number of phosphoric ester groups is 1. The van der Waals surface area contributed by atoms with Gasteiger partial charge in [0.05, 0.1) is 26.4 Å². The van der Waals surface area contributed by atoms with Crippen LogP contribution in [-0.4, -0.2) is 32.5 Å². The van der Waals surface area contributed by atoms with Crippen molar-refractivity contribution >= 4 is 7.82 Å². The fraction of sp³-hybridized carbons (Fsp3) is 1.00. The minimum absolute atomic E-state index is 0.0913. The molecule has 0 spiro atoms. The molecule has 0 saturated carbocycles. The second-order valence-electron chi connectivity index (χ2n) is 2.36. The molecule has 2 aliphatic heterocycles. The first kappa shape index (κ1) is 7.71. The molecule has 5 nitrogen and oxygen atoms in total. The van der Waals surface area contributed by atoms with E-state index in [1.807, 2.05) is 0 Å². The van der Waals surface area contributed by atoms with Crippen LogP contribution < -0.4 is 0 Å². The van der Waals surface area contributed by atoms with Crippen molar-refractivity contribution in [3.05, 3.63) is 0 Å². The lowest BCUT2D eigenvalue weighted by molar-refractivity contribution is 0.175. The van der Waals surface area contributed by atoms with Gasteiger partial charge < -0.3 is 4.74 Å². The molecule has 0 aromatic carbocycles. The number of epoxide rings is 1. The van der Waals surface area contributed by atoms with Crippen LogP contribution in [0.1, 0.15) is 0 Å². The Morgan fingerprint density at radius 1 is 1.45 bits per heavy atom. The SMILES string of the molecule is O=P1(OCC2CO2)OCCO1. The second kappa shape index (κ2) is 2.84. The first-order chi connectivity index (χ1) is 5.29. The van der Waals surface area contributed by atoms with E-state index in [2.05, 4.69) is 0 Å². The summed E-state index contributed by atoms with van der Waals surface area (Å²) in [5, 5.41) is 0. The maximum absolute atomic E-state index is 11.2. The Morgan fingerprint density at radius 2 is 2.09 bits per heavy atom. The van der Waals surface area contributed by atoms with Crippen molar-refractivity contribution in [3.63, 3.8) is 0 Å². The van der Waals surface area contributed by atoms with Gasteiger partial charge in [-0.05, 0) is 0 Å². The number of ether oxygens (including phenoxy) is 1. The van der Waals surface area contributed by atoms with E-state index in [4.69, 9.17) is 18.3 Å². The van der Waals surface area contributed by atoms with E-state index in [0.29, 0.717) is 26.4 Å². The van der Waals surface area contributed by atoms with Gasteiger partial charge in [0.2, 0.25) is 0 Å². The van der Waals surface area contributed by atoms with Crippen molar-refractivity contribution in [2.45, 2.75) is 6.10 Å². The molecule has 0 amide bonds. The highest BCUT2D eigenvalue weighted by atomic mass is 31.2. The van der Waals surface area contributed by atoms with Gasteiger partial charge in [0, 0.05) is 0 Å². The van der Waals surface area contributed by atoms with E-state index in [0.717, 1.165) is 0 Å². The molecule has 0 aromatic heterocycles. The minimum atomic E-state index is -3.16. The van der Waals surface area contributed by atoms with Gasteiger partial charge in [-0.25, -0.2) is 4.57 Å². The van der Waals surface area contributed by atoms with Crippen molar-refractivity contribution in [1.29, 1.82) is 0 Å². The summed E-state index contributed by atoms with van der Waals surface area (Å²) in [7, 11) is -3.16. The summed E-state index contributed by atoms with van der Waals surface area (Å²) in [6.07, 6.45) is 0.0913. The van der Waals surface area contributed by atoms with Crippen LogP contribution in [0.2, 0.25) is 0 Å². The van der Waals surface area contributed by atoms with Gasteiger partial charge in [-0.15, -0.1) is 0 Å². The molecule has 1 atom stereocenters. The lowest BCUT2D eigenvalue weighted by Gasteiger charge is -2.07. The molecule has 1 unspecified atom stereocenters. The number of phosphoric acid groups is 1. The van der Waals surface area contributed by atoms with E-state index < -0.39 is 7.82 Å². The lowest BCUT2D eigenvalue weighted by Crippen LogP contribution is -1.99. The summed E-state index contributed by atoms with van der Waals surface area (Å²) in [6.45, 7) is 1.68. The van der Waals surface area contributed by atoms with Crippen molar-refractivity contribution in [2.75, 3.05) is 26.4 Å². The predicted octanol–water partition coefficient (Wildman–Crippen LogP) is 0.557. The van der Waals surface area contributed by atoms with Crippen LogP contribution in [0.5, 0.6) is 0 Å². The Balaban J connectivity index is 1.78. The van der Waals surface area contributed by atoms with Crippen LogP contribution in [0, 0.1) is 0 Å². The first-order valence-electron chi connectivity index (χ1n) is 3.44. The summed E-state index contributed by atoms with van der Waals surface area (Å²) >= 11 is 0. The Labute approximate surface area is 64.2 Å². The van der Waals surface area contributed by atoms with Gasteiger partial charge in [0.15, 0.2) is 0 Å². The maximum Gasteiger partial charge on any atom is 0.475 e. The average molecular weight is 180 g/mol. The average Bonchev–Trinajstić information content (AvgIpc) is 2.73. The van der Waals surface area contributed by atoms with Gasteiger partial charge in [0.1, 0.15) is 6.10 Å². The third-order valence-electron chi connectivity index (χ3n) is 1.40. The summed E-state index contributed by atoms with van der Waals surface area (Å²) in [5.74, 6) is 0. The zero-order chi connectivity index (χ0) is 7.73. The van der Waals surface area contributed by atoms with Crippen LogP contribution in [-0.2, 0) is 22.9 Å². The van der Waals surface area contributed by atoms with E-state index >= 15 is 0 Å². The molecular weight excluding hydrogens is 171 g/mol. The van der Waals surface area contributed by atoms with Crippen molar-refractivity contribution in [2.24, 2.45) is 0 Å². The van der Waals surface area contributed by atoms with Crippen LogP contribution in [0.25, 0.3) is 0 Å². The van der Waals surface area contributed by atoms with E-state index in [9.17, 15) is 4.57 Å². The van der Waals surface area contributed by atoms with Crippen molar-refractivity contribution in [1.82, 2.24) is 0 Å². The zero-order valence-corrected chi connectivity index (χ0v) is 6.79. The summed E-state index contributed by atoms with van der Waals surface area (Å²) in [4.78, 5) is 0. The largest absolute Gasteiger partial charge is 0.475 e. The number of hydrogen-bond acceptors (Lipinski definition) is 5. The molecule has 64 valence electrons. The first-order valence-corrected chi connectivity index (χ1v) is 4.90. The Morgan fingerprint density at radius 3 is 2.64 bits per heavy atom. The molecular formula is C5H9O5P. The van der Waals surface area contributed by atoms with Crippen LogP contribution in [0.4, 0.5) is 0 Å². The quantitative estimate of drug-likeness (QED) is 0.469. The van der Waals surface area contributed by atoms with E-state index in [1.54, 1.807) is 0 Å². The molecule has 2 heterocycles. The van der Waals surface area contributed by atoms with Gasteiger partial charge in [-0.1, -0.05) is 0 Å². The van der Waals surface area contributed by atoms with Crippen LogP contribution in [0.15, 0.2) is 0 Å². The fourth-order valence-corrected chi connectivity index (χ4v) is 1.92.